The lowest BCUT2D eigenvalue weighted by molar-refractivity contribution is -0.137. The summed E-state index contributed by atoms with van der Waals surface area (Å²) in [6.45, 7) is -0.313. The van der Waals surface area contributed by atoms with E-state index in [0.29, 0.717) is 0 Å². The van der Waals surface area contributed by atoms with E-state index in [4.69, 9.17) is 5.11 Å². The Morgan fingerprint density at radius 2 is 2.56 bits per heavy atom. The smallest absolute Gasteiger partial charge is 0.378 e. The molecule has 2 radical (unpaired) electrons. The second-order valence-corrected chi connectivity index (χ2v) is 1.46. The van der Waals surface area contributed by atoms with Gasteiger partial charge in [0.05, 0.1) is 6.61 Å². The first-order valence-electron chi connectivity index (χ1n) is 2.45. The Hall–Kier alpha value is -0.545. The highest BCUT2D eigenvalue weighted by atomic mass is 16.5. The van der Waals surface area contributed by atoms with Crippen LogP contribution in [0.5, 0.6) is 0 Å². The fourth-order valence-electron chi connectivity index (χ4n) is 0.366. The van der Waals surface area contributed by atoms with Gasteiger partial charge < -0.3 is 15.1 Å². The Labute approximate surface area is 54.6 Å². The minimum atomic E-state index is -0.713. The van der Waals surface area contributed by atoms with Gasteiger partial charge in [-0.05, 0) is 7.05 Å². The van der Waals surface area contributed by atoms with Crippen LogP contribution in [0.3, 0.4) is 0 Å². The van der Waals surface area contributed by atoms with Gasteiger partial charge in [-0.1, -0.05) is 0 Å². The standard InChI is InChI=1S/C4H8BNO3/c1-6-3(2-7)4(8)9-5/h3,6-7H,2H2,1H3/t3-/m0/s1. The maximum absolute atomic E-state index is 10.4. The van der Waals surface area contributed by atoms with E-state index >= 15 is 0 Å². The van der Waals surface area contributed by atoms with E-state index in [1.807, 2.05) is 0 Å². The monoisotopic (exact) mass is 129 g/mol. The summed E-state index contributed by atoms with van der Waals surface area (Å²) in [6, 6.07) is -0.713. The number of hydrogen-bond acceptors (Lipinski definition) is 4. The molecular formula is C4H8BNO3. The molecule has 0 unspecified atom stereocenters. The first kappa shape index (κ1) is 8.45. The molecule has 1 atom stereocenters. The van der Waals surface area contributed by atoms with Gasteiger partial charge in [0.2, 0.25) is 0 Å². The Bertz CT molecular complexity index is 93.8. The third-order valence-corrected chi connectivity index (χ3v) is 0.932. The summed E-state index contributed by atoms with van der Waals surface area (Å²) in [5, 5.41) is 10.9. The predicted octanol–water partition coefficient (Wildman–Crippen LogP) is -1.81. The summed E-state index contributed by atoms with van der Waals surface area (Å²) >= 11 is 0. The van der Waals surface area contributed by atoms with E-state index in [1.165, 1.54) is 7.05 Å². The number of aliphatic hydroxyl groups is 1. The Morgan fingerprint density at radius 3 is 2.67 bits per heavy atom. The van der Waals surface area contributed by atoms with E-state index < -0.39 is 12.0 Å². The minimum absolute atomic E-state index is 0.313. The second kappa shape index (κ2) is 4.35. The van der Waals surface area contributed by atoms with Crippen molar-refractivity contribution in [3.8, 4) is 0 Å². The van der Waals surface area contributed by atoms with Crippen LogP contribution in [0.4, 0.5) is 0 Å². The summed E-state index contributed by atoms with van der Waals surface area (Å²) in [4.78, 5) is 10.4. The number of carbonyl (C=O) groups excluding carboxylic acids is 1. The summed E-state index contributed by atoms with van der Waals surface area (Å²) < 4.78 is 3.83. The number of likely N-dealkylation sites (N-methyl/N-ethyl adjacent to an activating group) is 1. The van der Waals surface area contributed by atoms with Crippen molar-refractivity contribution in [3.05, 3.63) is 0 Å². The van der Waals surface area contributed by atoms with Gasteiger partial charge in [-0.2, -0.15) is 0 Å². The van der Waals surface area contributed by atoms with Crippen LogP contribution in [0.15, 0.2) is 0 Å². The van der Waals surface area contributed by atoms with E-state index in [-0.39, 0.29) is 6.61 Å². The highest BCUT2D eigenvalue weighted by Gasteiger charge is 2.13. The number of nitrogens with one attached hydrogen (secondary N) is 1. The molecule has 0 aromatic rings. The van der Waals surface area contributed by atoms with E-state index in [1.54, 1.807) is 0 Å². The van der Waals surface area contributed by atoms with Crippen molar-refractivity contribution >= 4 is 14.0 Å². The predicted molar refractivity (Wildman–Crippen MR) is 31.8 cm³/mol. The molecule has 0 aliphatic carbocycles. The molecule has 0 heterocycles. The zero-order valence-corrected chi connectivity index (χ0v) is 5.13. The third-order valence-electron chi connectivity index (χ3n) is 0.932. The average molecular weight is 129 g/mol. The molecule has 0 amide bonds. The number of hydrogen-bond donors (Lipinski definition) is 2. The van der Waals surface area contributed by atoms with Gasteiger partial charge in [0, 0.05) is 0 Å². The van der Waals surface area contributed by atoms with Crippen LogP contribution < -0.4 is 5.32 Å². The molecule has 4 nitrogen and oxygen atoms in total. The Morgan fingerprint density at radius 1 is 2.00 bits per heavy atom. The third kappa shape index (κ3) is 2.48. The molecule has 0 spiro atoms. The average Bonchev–Trinajstić information content (AvgIpc) is 1.90. The molecule has 0 aromatic heterocycles. The fraction of sp³-hybridized carbons (Fsp3) is 0.750. The molecule has 5 heteroatoms. The first-order chi connectivity index (χ1) is 4.26. The van der Waals surface area contributed by atoms with Gasteiger partial charge in [-0.15, -0.1) is 0 Å². The molecule has 0 bridgehead atoms. The maximum Gasteiger partial charge on any atom is 0.378 e. The molecular weight excluding hydrogens is 121 g/mol. The van der Waals surface area contributed by atoms with Crippen LogP contribution in [0.25, 0.3) is 0 Å². The Balaban J connectivity index is 3.64. The van der Waals surface area contributed by atoms with Crippen LogP contribution >= 0.6 is 0 Å². The highest BCUT2D eigenvalue weighted by molar-refractivity contribution is 6.06. The largest absolute Gasteiger partial charge is 0.542 e. The molecule has 0 aliphatic heterocycles. The highest BCUT2D eigenvalue weighted by Crippen LogP contribution is 1.82. The maximum atomic E-state index is 10.4. The van der Waals surface area contributed by atoms with Crippen LogP contribution in [-0.2, 0) is 9.45 Å². The topological polar surface area (TPSA) is 58.6 Å². The van der Waals surface area contributed by atoms with Gasteiger partial charge in [-0.3, -0.25) is 4.79 Å². The van der Waals surface area contributed by atoms with Gasteiger partial charge >= 0.3 is 14.0 Å². The molecule has 9 heavy (non-hydrogen) atoms. The van der Waals surface area contributed by atoms with Crippen molar-refractivity contribution in [2.75, 3.05) is 13.7 Å². The Kier molecular flexibility index (Phi) is 4.08. The molecule has 0 aromatic carbocycles. The van der Waals surface area contributed by atoms with Crippen molar-refractivity contribution in [1.82, 2.24) is 5.32 Å². The van der Waals surface area contributed by atoms with Crippen molar-refractivity contribution in [3.63, 3.8) is 0 Å². The van der Waals surface area contributed by atoms with Gasteiger partial charge in [0.15, 0.2) is 0 Å². The SMILES string of the molecule is [B]OC(=O)[C@H](CO)NC. The summed E-state index contributed by atoms with van der Waals surface area (Å²) in [7, 11) is 6.05. The summed E-state index contributed by atoms with van der Waals surface area (Å²) in [5.74, 6) is -0.667. The first-order valence-corrected chi connectivity index (χ1v) is 2.45. The zero-order chi connectivity index (χ0) is 7.28. The normalized spacial score (nSPS) is 12.7. The van der Waals surface area contributed by atoms with Crippen LogP contribution in [0, 0.1) is 0 Å². The van der Waals surface area contributed by atoms with Crippen molar-refractivity contribution < 1.29 is 14.6 Å². The molecule has 0 fully saturated rings. The zero-order valence-electron chi connectivity index (χ0n) is 5.13. The van der Waals surface area contributed by atoms with E-state index in [0.717, 1.165) is 0 Å². The quantitative estimate of drug-likeness (QED) is 0.441. The molecule has 50 valence electrons. The lowest BCUT2D eigenvalue weighted by Gasteiger charge is -2.09. The van der Waals surface area contributed by atoms with Crippen molar-refractivity contribution in [2.24, 2.45) is 0 Å². The summed E-state index contributed by atoms with van der Waals surface area (Å²) in [5.41, 5.74) is 0. The van der Waals surface area contributed by atoms with E-state index in [9.17, 15) is 4.79 Å². The van der Waals surface area contributed by atoms with Crippen molar-refractivity contribution in [1.29, 1.82) is 0 Å². The van der Waals surface area contributed by atoms with E-state index in [2.05, 4.69) is 18.0 Å². The van der Waals surface area contributed by atoms with Gasteiger partial charge in [0.1, 0.15) is 6.04 Å². The number of rotatable bonds is 3. The second-order valence-electron chi connectivity index (χ2n) is 1.46. The van der Waals surface area contributed by atoms with Gasteiger partial charge in [-0.25, -0.2) is 0 Å². The van der Waals surface area contributed by atoms with Gasteiger partial charge in [0.25, 0.3) is 0 Å². The number of carbonyl (C=O) groups is 1. The summed E-state index contributed by atoms with van der Waals surface area (Å²) in [6.07, 6.45) is 0. The lowest BCUT2D eigenvalue weighted by atomic mass is 10.3. The lowest BCUT2D eigenvalue weighted by Crippen LogP contribution is -2.38. The van der Waals surface area contributed by atoms with Crippen LogP contribution in [0.1, 0.15) is 0 Å². The van der Waals surface area contributed by atoms with Crippen molar-refractivity contribution in [2.45, 2.75) is 6.04 Å². The molecule has 0 rings (SSSR count). The fourth-order valence-corrected chi connectivity index (χ4v) is 0.366. The minimum Gasteiger partial charge on any atom is -0.542 e. The molecule has 0 aliphatic rings. The van der Waals surface area contributed by atoms with Crippen LogP contribution in [0.2, 0.25) is 0 Å². The molecule has 2 N–H and O–H groups in total. The van der Waals surface area contributed by atoms with Crippen LogP contribution in [-0.4, -0.2) is 38.8 Å². The number of aliphatic hydroxyl groups excluding tert-OH is 1. The molecule has 0 saturated heterocycles. The molecule has 0 saturated carbocycles.